The van der Waals surface area contributed by atoms with Gasteiger partial charge in [0.2, 0.25) is 11.8 Å². The number of nitrogens with zero attached hydrogens (tertiary/aromatic N) is 1. The lowest BCUT2D eigenvalue weighted by molar-refractivity contribution is -0.137. The minimum atomic E-state index is -4.65. The highest BCUT2D eigenvalue weighted by molar-refractivity contribution is 6.31. The number of allylic oxidation sites excluding steroid dienone is 2. The molecule has 4 aliphatic rings. The first kappa shape index (κ1) is 15.7. The van der Waals surface area contributed by atoms with Gasteiger partial charge in [0, 0.05) is 0 Å². The summed E-state index contributed by atoms with van der Waals surface area (Å²) in [6, 6.07) is 3.15. The van der Waals surface area contributed by atoms with Crippen molar-refractivity contribution >= 4 is 29.1 Å². The largest absolute Gasteiger partial charge is 0.417 e. The molecule has 126 valence electrons. The number of benzene rings is 1. The van der Waals surface area contributed by atoms with Gasteiger partial charge in [-0.1, -0.05) is 23.8 Å². The second kappa shape index (κ2) is 5.09. The van der Waals surface area contributed by atoms with Crippen LogP contribution < -0.4 is 4.90 Å². The topological polar surface area (TPSA) is 37.4 Å². The lowest BCUT2D eigenvalue weighted by atomic mass is 9.63. The molecule has 24 heavy (non-hydrogen) atoms. The summed E-state index contributed by atoms with van der Waals surface area (Å²) < 4.78 is 39.2. The van der Waals surface area contributed by atoms with E-state index < -0.39 is 40.4 Å². The summed E-state index contributed by atoms with van der Waals surface area (Å²) in [5.41, 5.74) is -1.10. The first-order valence-electron chi connectivity index (χ1n) is 7.72. The molecule has 2 bridgehead atoms. The van der Waals surface area contributed by atoms with Crippen LogP contribution in [0.4, 0.5) is 18.9 Å². The number of alkyl halides is 3. The average Bonchev–Trinajstić information content (AvgIpc) is 2.82. The van der Waals surface area contributed by atoms with Crippen LogP contribution in [0.15, 0.2) is 30.4 Å². The number of hydrogen-bond donors (Lipinski definition) is 0. The zero-order valence-corrected chi connectivity index (χ0v) is 13.1. The summed E-state index contributed by atoms with van der Waals surface area (Å²) in [6.45, 7) is 0. The van der Waals surface area contributed by atoms with Crippen LogP contribution >= 0.6 is 11.6 Å². The molecule has 1 saturated carbocycles. The summed E-state index contributed by atoms with van der Waals surface area (Å²) >= 11 is 5.62. The Balaban J connectivity index is 1.76. The lowest BCUT2D eigenvalue weighted by Crippen LogP contribution is -2.38. The van der Waals surface area contributed by atoms with Crippen molar-refractivity contribution in [1.29, 1.82) is 0 Å². The molecule has 1 aromatic rings. The molecule has 1 saturated heterocycles. The third-order valence-corrected chi connectivity index (χ3v) is 5.60. The van der Waals surface area contributed by atoms with E-state index in [0.29, 0.717) is 0 Å². The summed E-state index contributed by atoms with van der Waals surface area (Å²) in [5.74, 6) is -1.72. The van der Waals surface area contributed by atoms with E-state index in [1.165, 1.54) is 6.07 Å². The zero-order valence-electron chi connectivity index (χ0n) is 12.4. The number of hydrogen-bond acceptors (Lipinski definition) is 2. The van der Waals surface area contributed by atoms with E-state index in [1.807, 2.05) is 12.2 Å². The average molecular weight is 356 g/mol. The molecule has 2 fully saturated rings. The van der Waals surface area contributed by atoms with Crippen LogP contribution in [-0.4, -0.2) is 11.8 Å². The third kappa shape index (κ3) is 2.12. The highest BCUT2D eigenvalue weighted by Crippen LogP contribution is 2.50. The number of imide groups is 1. The first-order chi connectivity index (χ1) is 11.3. The fraction of sp³-hybridized carbons (Fsp3) is 0.412. The molecule has 7 heteroatoms. The molecular weight excluding hydrogens is 343 g/mol. The fourth-order valence-corrected chi connectivity index (χ4v) is 4.42. The van der Waals surface area contributed by atoms with Gasteiger partial charge in [-0.05, 0) is 42.9 Å². The van der Waals surface area contributed by atoms with E-state index in [4.69, 9.17) is 11.6 Å². The first-order valence-corrected chi connectivity index (χ1v) is 8.09. The molecule has 3 nitrogen and oxygen atoms in total. The summed E-state index contributed by atoms with van der Waals surface area (Å²) in [4.78, 5) is 26.4. The normalized spacial score (nSPS) is 31.8. The number of rotatable bonds is 1. The van der Waals surface area contributed by atoms with Crippen molar-refractivity contribution in [2.24, 2.45) is 23.7 Å². The summed E-state index contributed by atoms with van der Waals surface area (Å²) in [7, 11) is 0. The van der Waals surface area contributed by atoms with E-state index in [2.05, 4.69) is 0 Å². The van der Waals surface area contributed by atoms with Gasteiger partial charge in [-0.25, -0.2) is 0 Å². The molecule has 0 N–H and O–H groups in total. The molecule has 0 spiro atoms. The van der Waals surface area contributed by atoms with Crippen molar-refractivity contribution < 1.29 is 22.8 Å². The Labute approximate surface area is 141 Å². The maximum atomic E-state index is 13.1. The highest BCUT2D eigenvalue weighted by atomic mass is 35.5. The van der Waals surface area contributed by atoms with E-state index in [-0.39, 0.29) is 17.5 Å². The molecule has 1 aliphatic heterocycles. The predicted octanol–water partition coefficient (Wildman–Crippen LogP) is 4.06. The SMILES string of the molecule is O=C1[C@H]2[C@H](C(=O)N1c1ccc(Cl)c(C(F)(F)F)c1)[C@H]1C=C[C@H]2CC1. The molecule has 2 amide bonds. The number of carbonyl (C=O) groups is 2. The second-order valence-corrected chi connectivity index (χ2v) is 6.92. The van der Waals surface area contributed by atoms with E-state index in [0.717, 1.165) is 29.9 Å². The Morgan fingerprint density at radius 2 is 1.54 bits per heavy atom. The van der Waals surface area contributed by atoms with Gasteiger partial charge in [-0.2, -0.15) is 13.2 Å². The predicted molar refractivity (Wildman–Crippen MR) is 81.3 cm³/mol. The Kier molecular flexibility index (Phi) is 3.33. The fourth-order valence-electron chi connectivity index (χ4n) is 4.20. The lowest BCUT2D eigenvalue weighted by Gasteiger charge is -2.38. The zero-order chi connectivity index (χ0) is 17.2. The second-order valence-electron chi connectivity index (χ2n) is 6.52. The van der Waals surface area contributed by atoms with Gasteiger partial charge >= 0.3 is 6.18 Å². The smallest absolute Gasteiger partial charge is 0.274 e. The number of halogens is 4. The van der Waals surface area contributed by atoms with Gasteiger partial charge in [0.05, 0.1) is 28.1 Å². The van der Waals surface area contributed by atoms with Gasteiger partial charge < -0.3 is 0 Å². The molecule has 0 unspecified atom stereocenters. The maximum absolute atomic E-state index is 13.1. The Morgan fingerprint density at radius 3 is 2.00 bits per heavy atom. The van der Waals surface area contributed by atoms with Crippen LogP contribution in [0.2, 0.25) is 5.02 Å². The maximum Gasteiger partial charge on any atom is 0.417 e. The molecule has 0 radical (unpaired) electrons. The molecule has 3 aliphatic carbocycles. The standard InChI is InChI=1S/C17H13ClF3NO2/c18-12-6-5-10(7-11(12)17(19,20)21)22-15(23)13-8-1-2-9(4-3-8)14(13)16(22)24/h1-2,5-9,13-14H,3-4H2/t8-,9-,13+,14+/m0/s1. The van der Waals surface area contributed by atoms with Gasteiger partial charge in [0.15, 0.2) is 0 Å². The van der Waals surface area contributed by atoms with Crippen LogP contribution in [-0.2, 0) is 15.8 Å². The number of anilines is 1. The quantitative estimate of drug-likeness (QED) is 0.562. The van der Waals surface area contributed by atoms with E-state index in [1.54, 1.807) is 0 Å². The third-order valence-electron chi connectivity index (χ3n) is 5.27. The van der Waals surface area contributed by atoms with E-state index >= 15 is 0 Å². The van der Waals surface area contributed by atoms with Crippen LogP contribution in [0.25, 0.3) is 0 Å². The molecule has 0 aromatic heterocycles. The highest BCUT2D eigenvalue weighted by Gasteiger charge is 2.57. The molecule has 5 rings (SSSR count). The van der Waals surface area contributed by atoms with Crippen LogP contribution in [0.1, 0.15) is 18.4 Å². The Hall–Kier alpha value is -1.82. The number of amides is 2. The van der Waals surface area contributed by atoms with Gasteiger partial charge in [-0.3, -0.25) is 14.5 Å². The van der Waals surface area contributed by atoms with Gasteiger partial charge in [0.25, 0.3) is 0 Å². The molecule has 1 heterocycles. The Bertz CT molecular complexity index is 742. The van der Waals surface area contributed by atoms with E-state index in [9.17, 15) is 22.8 Å². The van der Waals surface area contributed by atoms with Crippen molar-refractivity contribution in [3.05, 3.63) is 40.9 Å². The van der Waals surface area contributed by atoms with Crippen LogP contribution in [0.3, 0.4) is 0 Å². The van der Waals surface area contributed by atoms with Crippen molar-refractivity contribution in [1.82, 2.24) is 0 Å². The molecule has 1 aromatic carbocycles. The summed E-state index contributed by atoms with van der Waals surface area (Å²) in [5, 5.41) is -0.454. The summed E-state index contributed by atoms with van der Waals surface area (Å²) in [6.07, 6.45) is 0.958. The van der Waals surface area contributed by atoms with Gasteiger partial charge in [0.1, 0.15) is 0 Å². The van der Waals surface area contributed by atoms with Crippen molar-refractivity contribution in [2.75, 3.05) is 4.90 Å². The monoisotopic (exact) mass is 355 g/mol. The minimum absolute atomic E-state index is 0.00385. The van der Waals surface area contributed by atoms with Crippen molar-refractivity contribution in [3.63, 3.8) is 0 Å². The number of carbonyl (C=O) groups excluding carboxylic acids is 2. The van der Waals surface area contributed by atoms with Crippen molar-refractivity contribution in [3.8, 4) is 0 Å². The molecular formula is C17H13ClF3NO2. The van der Waals surface area contributed by atoms with Crippen molar-refractivity contribution in [2.45, 2.75) is 19.0 Å². The Morgan fingerprint density at radius 1 is 1.00 bits per heavy atom. The van der Waals surface area contributed by atoms with Crippen LogP contribution in [0.5, 0.6) is 0 Å². The van der Waals surface area contributed by atoms with Gasteiger partial charge in [-0.15, -0.1) is 0 Å². The van der Waals surface area contributed by atoms with Crippen LogP contribution in [0, 0.1) is 23.7 Å². The minimum Gasteiger partial charge on any atom is -0.274 e. The molecule has 4 atom stereocenters. The number of fused-ring (bicyclic) bond motifs is 1.